The van der Waals surface area contributed by atoms with Crippen LogP contribution in [0.1, 0.15) is 37.8 Å². The third-order valence-electron chi connectivity index (χ3n) is 4.30. The molecule has 2 aromatic rings. The number of carbonyl (C=O) groups is 1. The molecule has 2 heterocycles. The third kappa shape index (κ3) is 3.05. The fourth-order valence-electron chi connectivity index (χ4n) is 3.13. The van der Waals surface area contributed by atoms with Gasteiger partial charge in [-0.05, 0) is 37.8 Å². The zero-order valence-corrected chi connectivity index (χ0v) is 13.1. The number of imidazole rings is 1. The Morgan fingerprint density at radius 3 is 2.82 bits per heavy atom. The minimum Gasteiger partial charge on any atom is -0.453 e. The zero-order chi connectivity index (χ0) is 15.5. The minimum atomic E-state index is -0.503. The summed E-state index contributed by atoms with van der Waals surface area (Å²) in [6.45, 7) is 2.80. The fourth-order valence-corrected chi connectivity index (χ4v) is 3.13. The van der Waals surface area contributed by atoms with Gasteiger partial charge in [0.05, 0.1) is 7.11 Å². The highest BCUT2D eigenvalue weighted by molar-refractivity contribution is 5.85. The lowest BCUT2D eigenvalue weighted by atomic mass is 9.89. The van der Waals surface area contributed by atoms with Crippen molar-refractivity contribution in [2.24, 2.45) is 5.92 Å². The largest absolute Gasteiger partial charge is 0.453 e. The van der Waals surface area contributed by atoms with E-state index in [0.717, 1.165) is 23.4 Å². The predicted octanol–water partition coefficient (Wildman–Crippen LogP) is 3.50. The summed E-state index contributed by atoms with van der Waals surface area (Å²) >= 11 is 0. The van der Waals surface area contributed by atoms with Crippen LogP contribution in [-0.4, -0.2) is 27.7 Å². The normalized spacial score (nSPS) is 15.9. The molecule has 6 heteroatoms. The molecule has 1 aliphatic rings. The van der Waals surface area contributed by atoms with Crippen LogP contribution in [0.4, 0.5) is 10.7 Å². The van der Waals surface area contributed by atoms with Gasteiger partial charge in [0, 0.05) is 12.2 Å². The van der Waals surface area contributed by atoms with Gasteiger partial charge in [-0.3, -0.25) is 9.88 Å². The second kappa shape index (κ2) is 6.34. The highest BCUT2D eigenvalue weighted by Gasteiger charge is 2.20. The number of pyridine rings is 1. The molecule has 0 saturated heterocycles. The van der Waals surface area contributed by atoms with Crippen LogP contribution in [0.25, 0.3) is 11.2 Å². The predicted molar refractivity (Wildman–Crippen MR) is 84.9 cm³/mol. The van der Waals surface area contributed by atoms with Crippen LogP contribution < -0.4 is 5.32 Å². The highest BCUT2D eigenvalue weighted by Crippen LogP contribution is 2.28. The zero-order valence-electron chi connectivity index (χ0n) is 13.1. The summed E-state index contributed by atoms with van der Waals surface area (Å²) in [6, 6.07) is 3.87. The SMILES string of the molecule is COC(=O)Nc1nc2ccc(C)nc2n1CC1CCCCC1. The number of aromatic nitrogens is 3. The molecule has 2 aromatic heterocycles. The summed E-state index contributed by atoms with van der Waals surface area (Å²) in [5.74, 6) is 1.14. The van der Waals surface area contributed by atoms with Crippen molar-refractivity contribution < 1.29 is 9.53 Å². The Bertz CT molecular complexity index is 674. The van der Waals surface area contributed by atoms with Crippen molar-refractivity contribution >= 4 is 23.2 Å². The van der Waals surface area contributed by atoms with Crippen LogP contribution in [0.5, 0.6) is 0 Å². The van der Waals surface area contributed by atoms with Crippen molar-refractivity contribution in [2.75, 3.05) is 12.4 Å². The number of hydrogen-bond acceptors (Lipinski definition) is 4. The summed E-state index contributed by atoms with van der Waals surface area (Å²) in [7, 11) is 1.35. The highest BCUT2D eigenvalue weighted by atomic mass is 16.5. The van der Waals surface area contributed by atoms with E-state index in [1.807, 2.05) is 23.6 Å². The monoisotopic (exact) mass is 302 g/mol. The van der Waals surface area contributed by atoms with Gasteiger partial charge >= 0.3 is 6.09 Å². The molecular formula is C16H22N4O2. The van der Waals surface area contributed by atoms with E-state index in [0.29, 0.717) is 11.9 Å². The molecular weight excluding hydrogens is 280 g/mol. The molecule has 0 unspecified atom stereocenters. The Morgan fingerprint density at radius 2 is 2.09 bits per heavy atom. The molecule has 1 aliphatic carbocycles. The average Bonchev–Trinajstić information content (AvgIpc) is 2.85. The number of carbonyl (C=O) groups excluding carboxylic acids is 1. The van der Waals surface area contributed by atoms with E-state index in [4.69, 9.17) is 4.74 Å². The molecule has 118 valence electrons. The number of aryl methyl sites for hydroxylation is 1. The molecule has 3 rings (SSSR count). The van der Waals surface area contributed by atoms with E-state index in [1.54, 1.807) is 0 Å². The van der Waals surface area contributed by atoms with Crippen molar-refractivity contribution in [3.63, 3.8) is 0 Å². The Labute approximate surface area is 129 Å². The van der Waals surface area contributed by atoms with Crippen molar-refractivity contribution in [1.29, 1.82) is 0 Å². The number of nitrogens with one attached hydrogen (secondary N) is 1. The second-order valence-electron chi connectivity index (χ2n) is 5.96. The smallest absolute Gasteiger partial charge is 0.413 e. The topological polar surface area (TPSA) is 69.0 Å². The first kappa shape index (κ1) is 14.8. The van der Waals surface area contributed by atoms with Gasteiger partial charge in [0.15, 0.2) is 5.65 Å². The number of nitrogens with zero attached hydrogens (tertiary/aromatic N) is 3. The molecule has 0 spiro atoms. The number of methoxy groups -OCH3 is 1. The molecule has 1 amide bonds. The van der Waals surface area contributed by atoms with E-state index in [-0.39, 0.29) is 0 Å². The first-order valence-electron chi connectivity index (χ1n) is 7.86. The van der Waals surface area contributed by atoms with Crippen molar-refractivity contribution in [3.8, 4) is 0 Å². The summed E-state index contributed by atoms with van der Waals surface area (Å²) in [4.78, 5) is 20.7. The number of fused-ring (bicyclic) bond motifs is 1. The molecule has 0 bridgehead atoms. The van der Waals surface area contributed by atoms with Gasteiger partial charge in [-0.1, -0.05) is 19.3 Å². The van der Waals surface area contributed by atoms with Gasteiger partial charge in [-0.2, -0.15) is 0 Å². The van der Waals surface area contributed by atoms with Gasteiger partial charge in [0.2, 0.25) is 5.95 Å². The molecule has 1 N–H and O–H groups in total. The molecule has 1 fully saturated rings. The Balaban J connectivity index is 1.96. The van der Waals surface area contributed by atoms with Crippen LogP contribution in [0.15, 0.2) is 12.1 Å². The first-order chi connectivity index (χ1) is 10.7. The minimum absolute atomic E-state index is 0.503. The number of hydrogen-bond donors (Lipinski definition) is 1. The van der Waals surface area contributed by atoms with Gasteiger partial charge in [0.25, 0.3) is 0 Å². The van der Waals surface area contributed by atoms with E-state index < -0.39 is 6.09 Å². The molecule has 22 heavy (non-hydrogen) atoms. The van der Waals surface area contributed by atoms with Gasteiger partial charge in [-0.15, -0.1) is 0 Å². The summed E-state index contributed by atoms with van der Waals surface area (Å²) in [5.41, 5.74) is 2.58. The number of anilines is 1. The summed E-state index contributed by atoms with van der Waals surface area (Å²) in [5, 5.41) is 2.71. The van der Waals surface area contributed by atoms with Crippen LogP contribution in [0.2, 0.25) is 0 Å². The van der Waals surface area contributed by atoms with E-state index >= 15 is 0 Å². The summed E-state index contributed by atoms with van der Waals surface area (Å²) in [6.07, 6.45) is 5.84. The number of rotatable bonds is 3. The van der Waals surface area contributed by atoms with Crippen LogP contribution in [0, 0.1) is 12.8 Å². The quantitative estimate of drug-likeness (QED) is 0.942. The maximum atomic E-state index is 11.6. The van der Waals surface area contributed by atoms with Gasteiger partial charge in [-0.25, -0.2) is 14.8 Å². The van der Waals surface area contributed by atoms with Crippen LogP contribution in [-0.2, 0) is 11.3 Å². The van der Waals surface area contributed by atoms with Crippen molar-refractivity contribution in [1.82, 2.24) is 14.5 Å². The lowest BCUT2D eigenvalue weighted by Crippen LogP contribution is -2.19. The molecule has 0 aromatic carbocycles. The Morgan fingerprint density at radius 1 is 1.32 bits per heavy atom. The van der Waals surface area contributed by atoms with Gasteiger partial charge < -0.3 is 4.74 Å². The van der Waals surface area contributed by atoms with E-state index in [2.05, 4.69) is 15.3 Å². The Hall–Kier alpha value is -2.11. The third-order valence-corrected chi connectivity index (χ3v) is 4.30. The maximum absolute atomic E-state index is 11.6. The molecule has 1 saturated carbocycles. The number of amides is 1. The van der Waals surface area contributed by atoms with Crippen LogP contribution in [0.3, 0.4) is 0 Å². The summed E-state index contributed by atoms with van der Waals surface area (Å²) < 4.78 is 6.72. The second-order valence-corrected chi connectivity index (χ2v) is 5.96. The van der Waals surface area contributed by atoms with E-state index in [9.17, 15) is 4.79 Å². The number of ether oxygens (including phenoxy) is 1. The lowest BCUT2D eigenvalue weighted by molar-refractivity contribution is 0.186. The standard InChI is InChI=1S/C16H22N4O2/c1-11-8-9-13-14(17-11)20(10-12-6-4-3-5-7-12)15(18-13)19-16(21)22-2/h8-9,12H,3-7,10H2,1-2H3,(H,18,19,21). The molecule has 6 nitrogen and oxygen atoms in total. The van der Waals surface area contributed by atoms with Crippen LogP contribution >= 0.6 is 0 Å². The molecule has 0 radical (unpaired) electrons. The van der Waals surface area contributed by atoms with E-state index in [1.165, 1.54) is 39.2 Å². The molecule has 0 aliphatic heterocycles. The van der Waals surface area contributed by atoms with Gasteiger partial charge in [0.1, 0.15) is 5.52 Å². The average molecular weight is 302 g/mol. The fraction of sp³-hybridized carbons (Fsp3) is 0.562. The lowest BCUT2D eigenvalue weighted by Gasteiger charge is -2.22. The van der Waals surface area contributed by atoms with Crippen molar-refractivity contribution in [3.05, 3.63) is 17.8 Å². The Kier molecular flexibility index (Phi) is 4.27. The maximum Gasteiger partial charge on any atom is 0.413 e. The molecule has 0 atom stereocenters. The first-order valence-corrected chi connectivity index (χ1v) is 7.86. The van der Waals surface area contributed by atoms with Crippen molar-refractivity contribution in [2.45, 2.75) is 45.6 Å².